The van der Waals surface area contributed by atoms with Gasteiger partial charge in [0.25, 0.3) is 6.43 Å². The Labute approximate surface area is 218 Å². The molecule has 4 nitrogen and oxygen atoms in total. The molecule has 0 aliphatic rings. The average Bonchev–Trinajstić information content (AvgIpc) is 2.83. The smallest absolute Gasteiger partial charge is 0.429 e. The highest BCUT2D eigenvalue weighted by Crippen LogP contribution is 2.23. The van der Waals surface area contributed by atoms with Crippen LogP contribution in [0.4, 0.5) is 22.0 Å². The van der Waals surface area contributed by atoms with E-state index in [0.29, 0.717) is 12.8 Å². The van der Waals surface area contributed by atoms with Crippen LogP contribution in [0.25, 0.3) is 0 Å². The summed E-state index contributed by atoms with van der Waals surface area (Å²) in [7, 11) is 0. The number of carbonyl (C=O) groups is 1. The minimum Gasteiger partial charge on any atom is -0.480 e. The molecule has 37 heavy (non-hydrogen) atoms. The van der Waals surface area contributed by atoms with Crippen LogP contribution in [-0.4, -0.2) is 41.5 Å². The van der Waals surface area contributed by atoms with E-state index in [1.165, 1.54) is 19.3 Å². The summed E-state index contributed by atoms with van der Waals surface area (Å²) in [4.78, 5) is 14.4. The van der Waals surface area contributed by atoms with Gasteiger partial charge in [-0.15, -0.1) is 0 Å². The second-order valence-electron chi connectivity index (χ2n) is 8.91. The van der Waals surface area contributed by atoms with Crippen LogP contribution in [0, 0.1) is 0 Å². The Morgan fingerprint density at radius 2 is 1.32 bits per heavy atom. The van der Waals surface area contributed by atoms with Crippen LogP contribution in [0.15, 0.2) is 53.6 Å². The first-order valence-corrected chi connectivity index (χ1v) is 13.1. The van der Waals surface area contributed by atoms with E-state index in [9.17, 15) is 26.7 Å². The first-order chi connectivity index (χ1) is 17.6. The molecule has 0 spiro atoms. The van der Waals surface area contributed by atoms with Crippen LogP contribution < -0.4 is 5.73 Å². The maximum absolute atomic E-state index is 13.2. The van der Waals surface area contributed by atoms with Gasteiger partial charge in [-0.05, 0) is 70.6 Å². The molecule has 0 fully saturated rings. The molecule has 3 N–H and O–H groups in total. The van der Waals surface area contributed by atoms with Crippen molar-refractivity contribution < 1.29 is 31.9 Å². The lowest BCUT2D eigenvalue weighted by Gasteiger charge is -2.23. The number of alkyl halides is 5. The molecule has 9 heteroatoms. The van der Waals surface area contributed by atoms with Crippen molar-refractivity contribution in [2.45, 2.75) is 109 Å². The zero-order chi connectivity index (χ0) is 28.0. The largest absolute Gasteiger partial charge is 0.480 e. The number of carboxylic acid groups (broad SMARTS) is 1. The predicted octanol–water partition coefficient (Wildman–Crippen LogP) is 8.35. The Bertz CT molecular complexity index is 758. The minimum atomic E-state index is -4.62. The molecule has 0 aromatic heterocycles. The van der Waals surface area contributed by atoms with Gasteiger partial charge in [-0.25, -0.2) is 13.6 Å². The molecule has 0 heterocycles. The maximum Gasteiger partial charge on any atom is 0.429 e. The molecule has 0 rings (SSSR count). The van der Waals surface area contributed by atoms with Gasteiger partial charge in [-0.2, -0.15) is 13.2 Å². The number of carboxylic acids is 1. The van der Waals surface area contributed by atoms with Crippen LogP contribution in [0.3, 0.4) is 0 Å². The first-order valence-electron chi connectivity index (χ1n) is 13.1. The van der Waals surface area contributed by atoms with Crippen molar-refractivity contribution in [2.24, 2.45) is 10.7 Å². The summed E-state index contributed by atoms with van der Waals surface area (Å²) in [5, 5.41) is 8.83. The topological polar surface area (TPSA) is 75.7 Å². The van der Waals surface area contributed by atoms with Crippen LogP contribution in [0.5, 0.6) is 0 Å². The van der Waals surface area contributed by atoms with Gasteiger partial charge in [0.1, 0.15) is 5.71 Å². The summed E-state index contributed by atoms with van der Waals surface area (Å²) < 4.78 is 65.1. The summed E-state index contributed by atoms with van der Waals surface area (Å²) in [6.07, 6.45) is 16.5. The standard InChI is InChI=1S/C28H43F5N2O2/c1-2-3-4-5-6-7-8-9-10-11-12-13-14-15-16-17-18-19-21-24(28(31,32)33)35-23-20-22-27(34,25(29)30)26(36)37/h6-7,9-10,12-13,15-16,25H,2-5,8,11,14,17-23,34H2,1H3,(H,36,37). The Hall–Kier alpha value is -2.29. The number of hydrogen-bond donors (Lipinski definition) is 2. The molecule has 0 saturated heterocycles. The monoisotopic (exact) mass is 534 g/mol. The molecule has 1 unspecified atom stereocenters. The van der Waals surface area contributed by atoms with Crippen LogP contribution >= 0.6 is 0 Å². The van der Waals surface area contributed by atoms with Crippen molar-refractivity contribution in [3.05, 3.63) is 48.6 Å². The lowest BCUT2D eigenvalue weighted by atomic mass is 9.95. The molecule has 1 atom stereocenters. The van der Waals surface area contributed by atoms with Crippen molar-refractivity contribution in [2.75, 3.05) is 6.54 Å². The number of aliphatic imine (C=N–C) groups is 1. The fraction of sp³-hybridized carbons (Fsp3) is 0.643. The van der Waals surface area contributed by atoms with Gasteiger partial charge in [-0.3, -0.25) is 4.99 Å². The number of hydrogen-bond acceptors (Lipinski definition) is 3. The van der Waals surface area contributed by atoms with Crippen LogP contribution in [0.1, 0.15) is 90.4 Å². The van der Waals surface area contributed by atoms with Crippen LogP contribution in [0.2, 0.25) is 0 Å². The molecule has 0 aromatic rings. The average molecular weight is 535 g/mol. The Kier molecular flexibility index (Phi) is 19.4. The van der Waals surface area contributed by atoms with Crippen molar-refractivity contribution in [1.29, 1.82) is 0 Å². The highest BCUT2D eigenvalue weighted by molar-refractivity contribution is 5.89. The number of halogens is 5. The highest BCUT2D eigenvalue weighted by atomic mass is 19.4. The van der Waals surface area contributed by atoms with E-state index in [4.69, 9.17) is 10.8 Å². The molecule has 0 saturated carbocycles. The molecule has 0 radical (unpaired) electrons. The number of nitrogens with two attached hydrogens (primary N) is 1. The van der Waals surface area contributed by atoms with Crippen LogP contribution in [-0.2, 0) is 4.79 Å². The Balaban J connectivity index is 4.15. The van der Waals surface area contributed by atoms with Gasteiger partial charge in [0.15, 0.2) is 5.54 Å². The van der Waals surface area contributed by atoms with Gasteiger partial charge in [0.2, 0.25) is 0 Å². The van der Waals surface area contributed by atoms with E-state index in [1.54, 1.807) is 0 Å². The summed E-state index contributed by atoms with van der Waals surface area (Å²) >= 11 is 0. The van der Waals surface area contributed by atoms with Gasteiger partial charge in [0, 0.05) is 6.54 Å². The quantitative estimate of drug-likeness (QED) is 0.0672. The van der Waals surface area contributed by atoms with Crippen molar-refractivity contribution in [3.63, 3.8) is 0 Å². The van der Waals surface area contributed by atoms with Crippen molar-refractivity contribution in [1.82, 2.24) is 0 Å². The molecule has 0 aromatic carbocycles. The lowest BCUT2D eigenvalue weighted by molar-refractivity contribution is -0.150. The molecule has 0 aliphatic heterocycles. The first kappa shape index (κ1) is 34.7. The second-order valence-corrected chi connectivity index (χ2v) is 8.91. The third-order valence-corrected chi connectivity index (χ3v) is 5.66. The number of rotatable bonds is 21. The SMILES string of the molecule is CCCCCC=CCC=CCC=CCC=CCCCCC(=NCCCC(N)(C(=O)O)C(F)F)C(F)(F)F. The summed E-state index contributed by atoms with van der Waals surface area (Å²) in [5.74, 6) is -1.89. The number of nitrogens with zero attached hydrogens (tertiary/aromatic N) is 1. The van der Waals surface area contributed by atoms with E-state index in [0.717, 1.165) is 25.7 Å². The fourth-order valence-corrected chi connectivity index (χ4v) is 3.32. The normalized spacial score (nSPS) is 15.2. The van der Waals surface area contributed by atoms with Crippen molar-refractivity contribution >= 4 is 11.7 Å². The molecule has 212 valence electrons. The van der Waals surface area contributed by atoms with Crippen molar-refractivity contribution in [3.8, 4) is 0 Å². The number of aliphatic carboxylic acids is 1. The summed E-state index contributed by atoms with van der Waals surface area (Å²) in [5.41, 5.74) is 1.42. The third-order valence-electron chi connectivity index (χ3n) is 5.66. The Morgan fingerprint density at radius 1 is 0.838 bits per heavy atom. The Morgan fingerprint density at radius 3 is 1.76 bits per heavy atom. The summed E-state index contributed by atoms with van der Waals surface area (Å²) in [6, 6.07) is 0. The molecular formula is C28H43F5N2O2. The zero-order valence-electron chi connectivity index (χ0n) is 21.9. The predicted molar refractivity (Wildman–Crippen MR) is 141 cm³/mol. The molecular weight excluding hydrogens is 491 g/mol. The van der Waals surface area contributed by atoms with Gasteiger partial charge in [0.05, 0.1) is 0 Å². The maximum atomic E-state index is 13.2. The number of allylic oxidation sites excluding steroid dienone is 8. The molecule has 0 amide bonds. The molecule has 0 aliphatic carbocycles. The minimum absolute atomic E-state index is 0.279. The van der Waals surface area contributed by atoms with Gasteiger partial charge < -0.3 is 10.8 Å². The van der Waals surface area contributed by atoms with E-state index in [-0.39, 0.29) is 19.3 Å². The fourth-order valence-electron chi connectivity index (χ4n) is 3.32. The summed E-state index contributed by atoms with van der Waals surface area (Å²) in [6.45, 7) is 1.78. The van der Waals surface area contributed by atoms with Gasteiger partial charge >= 0.3 is 12.1 Å². The lowest BCUT2D eigenvalue weighted by Crippen LogP contribution is -2.54. The van der Waals surface area contributed by atoms with E-state index < -0.39 is 42.8 Å². The molecule has 0 bridgehead atoms. The highest BCUT2D eigenvalue weighted by Gasteiger charge is 2.43. The van der Waals surface area contributed by atoms with E-state index in [2.05, 4.69) is 42.3 Å². The zero-order valence-corrected chi connectivity index (χ0v) is 21.9. The van der Waals surface area contributed by atoms with E-state index in [1.807, 2.05) is 18.2 Å². The van der Waals surface area contributed by atoms with Gasteiger partial charge in [-0.1, -0.05) is 68.4 Å². The third kappa shape index (κ3) is 17.7. The second kappa shape index (κ2) is 20.7. The van der Waals surface area contributed by atoms with E-state index >= 15 is 0 Å². The number of unbranched alkanes of at least 4 members (excludes halogenated alkanes) is 5.